The fourth-order valence-corrected chi connectivity index (χ4v) is 1.46. The molecular formula is C8H11NO2S. The standard InChI is InChI=1S/C8H11NO2S/c1-3-11-5-7(10)8-4-9-6(2)12-8/h4H,3,5H2,1-2H3. The highest BCUT2D eigenvalue weighted by molar-refractivity contribution is 7.13. The van der Waals surface area contributed by atoms with E-state index in [1.54, 1.807) is 6.20 Å². The maximum absolute atomic E-state index is 11.3. The van der Waals surface area contributed by atoms with Crippen LogP contribution < -0.4 is 0 Å². The molecule has 0 saturated carbocycles. The first kappa shape index (κ1) is 9.35. The molecule has 0 unspecified atom stereocenters. The van der Waals surface area contributed by atoms with Gasteiger partial charge in [0.05, 0.1) is 9.88 Å². The van der Waals surface area contributed by atoms with Crippen LogP contribution in [-0.2, 0) is 4.74 Å². The van der Waals surface area contributed by atoms with Crippen LogP contribution in [0.4, 0.5) is 0 Å². The molecule has 0 radical (unpaired) electrons. The van der Waals surface area contributed by atoms with Gasteiger partial charge in [-0.1, -0.05) is 0 Å². The molecule has 0 N–H and O–H groups in total. The molecule has 0 bridgehead atoms. The Bertz CT molecular complexity index is 270. The summed E-state index contributed by atoms with van der Waals surface area (Å²) in [6.07, 6.45) is 1.60. The Balaban J connectivity index is 2.53. The molecule has 0 atom stereocenters. The minimum absolute atomic E-state index is 0.0162. The Hall–Kier alpha value is -0.740. The second-order valence-electron chi connectivity index (χ2n) is 2.30. The lowest BCUT2D eigenvalue weighted by atomic mass is 10.4. The van der Waals surface area contributed by atoms with Gasteiger partial charge in [0.2, 0.25) is 0 Å². The van der Waals surface area contributed by atoms with Gasteiger partial charge in [0.25, 0.3) is 0 Å². The lowest BCUT2D eigenvalue weighted by Gasteiger charge is -1.95. The van der Waals surface area contributed by atoms with E-state index in [4.69, 9.17) is 4.74 Å². The van der Waals surface area contributed by atoms with Gasteiger partial charge in [0, 0.05) is 12.8 Å². The van der Waals surface area contributed by atoms with Gasteiger partial charge in [-0.05, 0) is 13.8 Å². The van der Waals surface area contributed by atoms with Crippen molar-refractivity contribution in [2.45, 2.75) is 13.8 Å². The summed E-state index contributed by atoms with van der Waals surface area (Å²) in [7, 11) is 0. The van der Waals surface area contributed by atoms with Crippen LogP contribution in [0.25, 0.3) is 0 Å². The molecule has 1 aromatic heterocycles. The number of thiazole rings is 1. The van der Waals surface area contributed by atoms with Gasteiger partial charge < -0.3 is 4.74 Å². The maximum atomic E-state index is 11.3. The van der Waals surface area contributed by atoms with Gasteiger partial charge in [-0.25, -0.2) is 4.98 Å². The number of hydrogen-bond donors (Lipinski definition) is 0. The average Bonchev–Trinajstić information content (AvgIpc) is 2.47. The number of rotatable bonds is 4. The zero-order chi connectivity index (χ0) is 8.97. The monoisotopic (exact) mass is 185 g/mol. The molecule has 0 saturated heterocycles. The van der Waals surface area contributed by atoms with Crippen LogP contribution in [0.2, 0.25) is 0 Å². The van der Waals surface area contributed by atoms with Crippen molar-refractivity contribution in [3.05, 3.63) is 16.1 Å². The van der Waals surface area contributed by atoms with Crippen LogP contribution in [0.5, 0.6) is 0 Å². The first-order valence-corrected chi connectivity index (χ1v) is 4.59. The van der Waals surface area contributed by atoms with Crippen LogP contribution >= 0.6 is 11.3 Å². The van der Waals surface area contributed by atoms with Crippen molar-refractivity contribution >= 4 is 17.1 Å². The maximum Gasteiger partial charge on any atom is 0.199 e. The summed E-state index contributed by atoms with van der Waals surface area (Å²) >= 11 is 1.41. The van der Waals surface area contributed by atoms with Crippen molar-refractivity contribution in [3.63, 3.8) is 0 Å². The summed E-state index contributed by atoms with van der Waals surface area (Å²) in [5, 5.41) is 0.912. The smallest absolute Gasteiger partial charge is 0.199 e. The van der Waals surface area contributed by atoms with Crippen LogP contribution in [0, 0.1) is 6.92 Å². The number of carbonyl (C=O) groups is 1. The van der Waals surface area contributed by atoms with Crippen molar-refractivity contribution in [2.75, 3.05) is 13.2 Å². The highest BCUT2D eigenvalue weighted by atomic mass is 32.1. The van der Waals surface area contributed by atoms with E-state index in [0.29, 0.717) is 11.5 Å². The quantitative estimate of drug-likeness (QED) is 0.670. The van der Waals surface area contributed by atoms with E-state index < -0.39 is 0 Å². The zero-order valence-electron chi connectivity index (χ0n) is 7.16. The number of nitrogens with zero attached hydrogens (tertiary/aromatic N) is 1. The molecule has 12 heavy (non-hydrogen) atoms. The fourth-order valence-electron chi connectivity index (χ4n) is 0.756. The van der Waals surface area contributed by atoms with Gasteiger partial charge >= 0.3 is 0 Å². The van der Waals surface area contributed by atoms with Crippen LogP contribution in [-0.4, -0.2) is 24.0 Å². The van der Waals surface area contributed by atoms with E-state index in [1.165, 1.54) is 11.3 Å². The number of ketones is 1. The van der Waals surface area contributed by atoms with Crippen LogP contribution in [0.1, 0.15) is 21.6 Å². The molecule has 66 valence electrons. The normalized spacial score (nSPS) is 10.2. The minimum Gasteiger partial charge on any atom is -0.374 e. The number of hydrogen-bond acceptors (Lipinski definition) is 4. The van der Waals surface area contributed by atoms with Gasteiger partial charge in [-0.3, -0.25) is 4.79 Å². The fraction of sp³-hybridized carbons (Fsp3) is 0.500. The molecule has 0 fully saturated rings. The first-order chi connectivity index (χ1) is 5.74. The Morgan fingerprint density at radius 1 is 1.75 bits per heavy atom. The first-order valence-electron chi connectivity index (χ1n) is 3.77. The molecule has 0 aromatic carbocycles. The SMILES string of the molecule is CCOCC(=O)c1cnc(C)s1. The van der Waals surface area contributed by atoms with E-state index in [1.807, 2.05) is 13.8 Å². The summed E-state index contributed by atoms with van der Waals surface area (Å²) in [6.45, 7) is 4.48. The third-order valence-corrected chi connectivity index (χ3v) is 2.29. The van der Waals surface area contributed by atoms with Gasteiger partial charge in [0.15, 0.2) is 5.78 Å². The zero-order valence-corrected chi connectivity index (χ0v) is 7.98. The number of aryl methyl sites for hydroxylation is 1. The van der Waals surface area contributed by atoms with E-state index in [2.05, 4.69) is 4.98 Å². The van der Waals surface area contributed by atoms with Crippen LogP contribution in [0.3, 0.4) is 0 Å². The van der Waals surface area contributed by atoms with E-state index in [0.717, 1.165) is 5.01 Å². The van der Waals surface area contributed by atoms with Gasteiger partial charge in [0.1, 0.15) is 6.61 Å². The highest BCUT2D eigenvalue weighted by Crippen LogP contribution is 2.11. The van der Waals surface area contributed by atoms with Crippen molar-refractivity contribution in [2.24, 2.45) is 0 Å². The van der Waals surface area contributed by atoms with Crippen molar-refractivity contribution in [3.8, 4) is 0 Å². The predicted octanol–water partition coefficient (Wildman–Crippen LogP) is 1.67. The van der Waals surface area contributed by atoms with E-state index in [-0.39, 0.29) is 12.4 Å². The molecule has 4 heteroatoms. The molecule has 0 spiro atoms. The molecule has 1 heterocycles. The topological polar surface area (TPSA) is 39.2 Å². The highest BCUT2D eigenvalue weighted by Gasteiger charge is 2.07. The molecule has 0 aliphatic carbocycles. The second-order valence-corrected chi connectivity index (χ2v) is 3.54. The molecule has 0 aliphatic heterocycles. The molecule has 1 aromatic rings. The van der Waals surface area contributed by atoms with E-state index in [9.17, 15) is 4.79 Å². The lowest BCUT2D eigenvalue weighted by Crippen LogP contribution is -2.06. The van der Waals surface area contributed by atoms with Crippen LogP contribution in [0.15, 0.2) is 6.20 Å². The number of Topliss-reactive ketones (excluding diaryl/α,β-unsaturated/α-hetero) is 1. The summed E-state index contributed by atoms with van der Waals surface area (Å²) in [6, 6.07) is 0. The summed E-state index contributed by atoms with van der Waals surface area (Å²) in [5.74, 6) is 0.0162. The minimum atomic E-state index is 0.0162. The predicted molar refractivity (Wildman–Crippen MR) is 47.7 cm³/mol. The second kappa shape index (κ2) is 4.33. The van der Waals surface area contributed by atoms with Crippen molar-refractivity contribution < 1.29 is 9.53 Å². The molecule has 0 aliphatic rings. The Labute approximate surface area is 75.4 Å². The summed E-state index contributed by atoms with van der Waals surface area (Å²) in [5.41, 5.74) is 0. The third kappa shape index (κ3) is 2.39. The summed E-state index contributed by atoms with van der Waals surface area (Å²) in [4.78, 5) is 15.9. The Morgan fingerprint density at radius 2 is 2.50 bits per heavy atom. The molecule has 3 nitrogen and oxygen atoms in total. The van der Waals surface area contributed by atoms with Gasteiger partial charge in [-0.15, -0.1) is 11.3 Å². The molecule has 0 amide bonds. The lowest BCUT2D eigenvalue weighted by molar-refractivity contribution is 0.0787. The largest absolute Gasteiger partial charge is 0.374 e. The Kier molecular flexibility index (Phi) is 3.37. The number of aromatic nitrogens is 1. The Morgan fingerprint density at radius 3 is 3.00 bits per heavy atom. The number of carbonyl (C=O) groups excluding carboxylic acids is 1. The molecular weight excluding hydrogens is 174 g/mol. The van der Waals surface area contributed by atoms with Crippen molar-refractivity contribution in [1.29, 1.82) is 0 Å². The van der Waals surface area contributed by atoms with E-state index >= 15 is 0 Å². The average molecular weight is 185 g/mol. The van der Waals surface area contributed by atoms with Gasteiger partial charge in [-0.2, -0.15) is 0 Å². The molecule has 1 rings (SSSR count). The van der Waals surface area contributed by atoms with Crippen molar-refractivity contribution in [1.82, 2.24) is 4.98 Å². The summed E-state index contributed by atoms with van der Waals surface area (Å²) < 4.78 is 4.99. The number of ether oxygens (including phenoxy) is 1. The third-order valence-electron chi connectivity index (χ3n) is 1.33.